The molecule has 19 heavy (non-hydrogen) atoms. The summed E-state index contributed by atoms with van der Waals surface area (Å²) in [6.45, 7) is 6.49. The summed E-state index contributed by atoms with van der Waals surface area (Å²) in [5, 5.41) is 5.89. The summed E-state index contributed by atoms with van der Waals surface area (Å²) in [5.41, 5.74) is 1.52. The lowest BCUT2D eigenvalue weighted by Gasteiger charge is -2.35. The van der Waals surface area contributed by atoms with Gasteiger partial charge in [0.25, 0.3) is 0 Å². The van der Waals surface area contributed by atoms with Crippen molar-refractivity contribution in [3.8, 4) is 0 Å². The SMILES string of the molecule is CNCC(C)(C)N(C)Cc1ccc2ccccc2c1. The third kappa shape index (κ3) is 3.34. The van der Waals surface area contributed by atoms with Gasteiger partial charge in [0, 0.05) is 18.6 Å². The average Bonchev–Trinajstić information content (AvgIpc) is 2.38. The van der Waals surface area contributed by atoms with Crippen LogP contribution in [0, 0.1) is 0 Å². The molecule has 0 unspecified atom stereocenters. The highest BCUT2D eigenvalue weighted by Crippen LogP contribution is 2.19. The van der Waals surface area contributed by atoms with E-state index in [2.05, 4.69) is 73.6 Å². The first-order chi connectivity index (χ1) is 9.03. The second kappa shape index (κ2) is 5.72. The zero-order chi connectivity index (χ0) is 13.9. The minimum Gasteiger partial charge on any atom is -0.318 e. The number of nitrogens with one attached hydrogen (secondary N) is 1. The van der Waals surface area contributed by atoms with Gasteiger partial charge in [0.1, 0.15) is 0 Å². The van der Waals surface area contributed by atoms with Crippen molar-refractivity contribution < 1.29 is 0 Å². The molecule has 0 radical (unpaired) electrons. The Bertz CT molecular complexity index is 546. The van der Waals surface area contributed by atoms with Crippen molar-refractivity contribution in [2.45, 2.75) is 25.9 Å². The monoisotopic (exact) mass is 256 g/mol. The molecule has 0 amide bonds. The third-order valence-corrected chi connectivity index (χ3v) is 3.88. The van der Waals surface area contributed by atoms with Crippen LogP contribution in [0.3, 0.4) is 0 Å². The fraction of sp³-hybridized carbons (Fsp3) is 0.412. The van der Waals surface area contributed by atoms with Gasteiger partial charge in [0.2, 0.25) is 0 Å². The zero-order valence-electron chi connectivity index (χ0n) is 12.4. The molecule has 2 nitrogen and oxygen atoms in total. The zero-order valence-corrected chi connectivity index (χ0v) is 12.4. The van der Waals surface area contributed by atoms with Gasteiger partial charge in [-0.2, -0.15) is 0 Å². The normalized spacial score (nSPS) is 12.3. The summed E-state index contributed by atoms with van der Waals surface area (Å²) < 4.78 is 0. The van der Waals surface area contributed by atoms with Crippen LogP contribution in [0.15, 0.2) is 42.5 Å². The summed E-state index contributed by atoms with van der Waals surface area (Å²) in [6.07, 6.45) is 0. The van der Waals surface area contributed by atoms with Gasteiger partial charge in [-0.15, -0.1) is 0 Å². The van der Waals surface area contributed by atoms with Gasteiger partial charge in [0.05, 0.1) is 0 Å². The van der Waals surface area contributed by atoms with E-state index < -0.39 is 0 Å². The first kappa shape index (κ1) is 14.0. The van der Waals surface area contributed by atoms with Crippen molar-refractivity contribution in [2.24, 2.45) is 0 Å². The van der Waals surface area contributed by atoms with E-state index in [0.717, 1.165) is 13.1 Å². The van der Waals surface area contributed by atoms with Crippen molar-refractivity contribution in [1.82, 2.24) is 10.2 Å². The Balaban J connectivity index is 2.17. The lowest BCUT2D eigenvalue weighted by molar-refractivity contribution is 0.147. The van der Waals surface area contributed by atoms with Gasteiger partial charge < -0.3 is 5.32 Å². The smallest absolute Gasteiger partial charge is 0.0278 e. The van der Waals surface area contributed by atoms with Gasteiger partial charge in [-0.3, -0.25) is 4.90 Å². The van der Waals surface area contributed by atoms with Crippen LogP contribution in [0.5, 0.6) is 0 Å². The van der Waals surface area contributed by atoms with Crippen LogP contribution in [-0.2, 0) is 6.54 Å². The van der Waals surface area contributed by atoms with Crippen molar-refractivity contribution in [3.63, 3.8) is 0 Å². The van der Waals surface area contributed by atoms with E-state index in [1.807, 2.05) is 7.05 Å². The number of rotatable bonds is 5. The third-order valence-electron chi connectivity index (χ3n) is 3.88. The molecule has 0 saturated carbocycles. The number of hydrogen-bond acceptors (Lipinski definition) is 2. The number of fused-ring (bicyclic) bond motifs is 1. The number of benzene rings is 2. The number of nitrogens with zero attached hydrogens (tertiary/aromatic N) is 1. The molecule has 2 heteroatoms. The highest BCUT2D eigenvalue weighted by molar-refractivity contribution is 5.82. The minimum atomic E-state index is 0.153. The van der Waals surface area contributed by atoms with Crippen LogP contribution in [0.2, 0.25) is 0 Å². The standard InChI is InChI=1S/C17H24N2/c1-17(2,13-18-3)19(4)12-14-9-10-15-7-5-6-8-16(15)11-14/h5-11,18H,12-13H2,1-4H3. The molecule has 102 valence electrons. The number of likely N-dealkylation sites (N-methyl/N-ethyl adjacent to an activating group) is 2. The van der Waals surface area contributed by atoms with Crippen LogP contribution >= 0.6 is 0 Å². The maximum absolute atomic E-state index is 3.26. The highest BCUT2D eigenvalue weighted by atomic mass is 15.2. The summed E-state index contributed by atoms with van der Waals surface area (Å²) in [4.78, 5) is 2.40. The van der Waals surface area contributed by atoms with Crippen LogP contribution in [0.25, 0.3) is 10.8 Å². The topological polar surface area (TPSA) is 15.3 Å². The highest BCUT2D eigenvalue weighted by Gasteiger charge is 2.22. The lowest BCUT2D eigenvalue weighted by Crippen LogP contribution is -2.47. The molecule has 0 heterocycles. The molecule has 0 spiro atoms. The molecule has 0 bridgehead atoms. The van der Waals surface area contributed by atoms with Crippen molar-refractivity contribution in [3.05, 3.63) is 48.0 Å². The summed E-state index contributed by atoms with van der Waals surface area (Å²) >= 11 is 0. The van der Waals surface area contributed by atoms with Gasteiger partial charge >= 0.3 is 0 Å². The molecule has 0 aliphatic rings. The van der Waals surface area contributed by atoms with E-state index in [9.17, 15) is 0 Å². The van der Waals surface area contributed by atoms with E-state index in [1.54, 1.807) is 0 Å². The van der Waals surface area contributed by atoms with E-state index in [0.29, 0.717) is 0 Å². The number of hydrogen-bond donors (Lipinski definition) is 1. The quantitative estimate of drug-likeness (QED) is 0.883. The molecule has 0 aliphatic carbocycles. The maximum atomic E-state index is 3.26. The van der Waals surface area contributed by atoms with Crippen molar-refractivity contribution >= 4 is 10.8 Å². The molecule has 0 atom stereocenters. The van der Waals surface area contributed by atoms with E-state index >= 15 is 0 Å². The lowest BCUT2D eigenvalue weighted by atomic mass is 10.0. The Morgan fingerprint density at radius 1 is 1.05 bits per heavy atom. The Kier molecular flexibility index (Phi) is 4.23. The van der Waals surface area contributed by atoms with Crippen LogP contribution in [0.1, 0.15) is 19.4 Å². The summed E-state index contributed by atoms with van der Waals surface area (Å²) in [7, 11) is 4.19. The Morgan fingerprint density at radius 2 is 1.74 bits per heavy atom. The van der Waals surface area contributed by atoms with Crippen LogP contribution in [0.4, 0.5) is 0 Å². The largest absolute Gasteiger partial charge is 0.318 e. The predicted octanol–water partition coefficient (Wildman–Crippen LogP) is 3.27. The van der Waals surface area contributed by atoms with Gasteiger partial charge in [-0.1, -0.05) is 36.4 Å². The van der Waals surface area contributed by atoms with Gasteiger partial charge in [-0.25, -0.2) is 0 Å². The van der Waals surface area contributed by atoms with Gasteiger partial charge in [0.15, 0.2) is 0 Å². The van der Waals surface area contributed by atoms with Crippen molar-refractivity contribution in [1.29, 1.82) is 0 Å². The van der Waals surface area contributed by atoms with Crippen molar-refractivity contribution in [2.75, 3.05) is 20.6 Å². The summed E-state index contributed by atoms with van der Waals surface area (Å²) in [6, 6.07) is 15.3. The van der Waals surface area contributed by atoms with Crippen LogP contribution < -0.4 is 5.32 Å². The van der Waals surface area contributed by atoms with E-state index in [1.165, 1.54) is 16.3 Å². The molecule has 2 aromatic rings. The molecular weight excluding hydrogens is 232 g/mol. The molecule has 2 aromatic carbocycles. The Hall–Kier alpha value is -1.38. The Labute approximate surface area is 116 Å². The molecule has 0 aromatic heterocycles. The van der Waals surface area contributed by atoms with E-state index in [-0.39, 0.29) is 5.54 Å². The molecule has 0 aliphatic heterocycles. The second-order valence-electron chi connectivity index (χ2n) is 5.88. The molecular formula is C17H24N2. The summed E-state index contributed by atoms with van der Waals surface area (Å²) in [5.74, 6) is 0. The first-order valence-electron chi connectivity index (χ1n) is 6.86. The minimum absolute atomic E-state index is 0.153. The Morgan fingerprint density at radius 3 is 2.42 bits per heavy atom. The maximum Gasteiger partial charge on any atom is 0.0278 e. The van der Waals surface area contributed by atoms with Crippen LogP contribution in [-0.4, -0.2) is 31.1 Å². The fourth-order valence-corrected chi connectivity index (χ4v) is 2.39. The molecule has 1 N–H and O–H groups in total. The van der Waals surface area contributed by atoms with Gasteiger partial charge in [-0.05, 0) is 50.3 Å². The molecule has 2 rings (SSSR count). The predicted molar refractivity (Wildman–Crippen MR) is 83.4 cm³/mol. The average molecular weight is 256 g/mol. The molecule has 0 fully saturated rings. The first-order valence-corrected chi connectivity index (χ1v) is 6.86. The molecule has 0 saturated heterocycles. The van der Waals surface area contributed by atoms with E-state index in [4.69, 9.17) is 0 Å². The second-order valence-corrected chi connectivity index (χ2v) is 5.88. The fourth-order valence-electron chi connectivity index (χ4n) is 2.39.